The van der Waals surface area contributed by atoms with Crippen molar-refractivity contribution in [2.75, 3.05) is 18.5 Å². The van der Waals surface area contributed by atoms with E-state index < -0.39 is 0 Å². The van der Waals surface area contributed by atoms with Gasteiger partial charge < -0.3 is 15.2 Å². The van der Waals surface area contributed by atoms with E-state index in [1.807, 2.05) is 6.92 Å². The van der Waals surface area contributed by atoms with Crippen LogP contribution in [-0.2, 0) is 9.53 Å². The maximum atomic E-state index is 11.4. The molecule has 0 aliphatic rings. The lowest BCUT2D eigenvalue weighted by molar-refractivity contribution is -0.120. The number of phenols is 1. The summed E-state index contributed by atoms with van der Waals surface area (Å²) >= 11 is 11.4. The summed E-state index contributed by atoms with van der Waals surface area (Å²) in [6.45, 7) is 2.46. The first-order valence-electron chi connectivity index (χ1n) is 5.10. The molecule has 0 saturated heterocycles. The van der Waals surface area contributed by atoms with E-state index in [0.29, 0.717) is 12.3 Å². The minimum absolute atomic E-state index is 0.0239. The molecule has 1 rings (SSSR count). The Hall–Kier alpha value is -0.970. The Balaban J connectivity index is 2.60. The SMILES string of the molecule is CCCOCC(=O)Nc1cc(Cl)c(O)c(Cl)c1. The van der Waals surface area contributed by atoms with Crippen molar-refractivity contribution in [2.24, 2.45) is 0 Å². The van der Waals surface area contributed by atoms with Crippen molar-refractivity contribution >= 4 is 34.8 Å². The molecule has 1 amide bonds. The highest BCUT2D eigenvalue weighted by Crippen LogP contribution is 2.34. The third kappa shape index (κ3) is 4.42. The fourth-order valence-corrected chi connectivity index (χ4v) is 1.63. The first kappa shape index (κ1) is 14.1. The average Bonchev–Trinajstić information content (AvgIpc) is 2.26. The molecule has 0 unspecified atom stereocenters. The topological polar surface area (TPSA) is 58.6 Å². The number of phenolic OH excluding ortho intramolecular Hbond substituents is 1. The van der Waals surface area contributed by atoms with Crippen LogP contribution in [-0.4, -0.2) is 24.2 Å². The van der Waals surface area contributed by atoms with Crippen LogP contribution in [0, 0.1) is 0 Å². The number of ether oxygens (including phenoxy) is 1. The van der Waals surface area contributed by atoms with Gasteiger partial charge >= 0.3 is 0 Å². The molecule has 1 aromatic carbocycles. The second kappa shape index (κ2) is 6.69. The summed E-state index contributed by atoms with van der Waals surface area (Å²) in [5.74, 6) is -0.496. The fourth-order valence-electron chi connectivity index (χ4n) is 1.14. The van der Waals surface area contributed by atoms with Gasteiger partial charge in [0, 0.05) is 12.3 Å². The van der Waals surface area contributed by atoms with Gasteiger partial charge in [-0.3, -0.25) is 4.79 Å². The van der Waals surface area contributed by atoms with Crippen LogP contribution in [0.5, 0.6) is 5.75 Å². The van der Waals surface area contributed by atoms with Crippen LogP contribution in [0.2, 0.25) is 10.0 Å². The Morgan fingerprint density at radius 2 is 2.00 bits per heavy atom. The third-order valence-electron chi connectivity index (χ3n) is 1.88. The van der Waals surface area contributed by atoms with E-state index >= 15 is 0 Å². The number of anilines is 1. The molecule has 0 aliphatic heterocycles. The van der Waals surface area contributed by atoms with E-state index in [4.69, 9.17) is 27.9 Å². The number of amides is 1. The van der Waals surface area contributed by atoms with E-state index in [0.717, 1.165) is 6.42 Å². The van der Waals surface area contributed by atoms with Gasteiger partial charge in [0.1, 0.15) is 6.61 Å². The first-order valence-corrected chi connectivity index (χ1v) is 5.85. The predicted molar refractivity (Wildman–Crippen MR) is 67.9 cm³/mol. The van der Waals surface area contributed by atoms with Crippen LogP contribution in [0.25, 0.3) is 0 Å². The number of carbonyl (C=O) groups excluding carboxylic acids is 1. The van der Waals surface area contributed by atoms with Crippen molar-refractivity contribution in [1.29, 1.82) is 0 Å². The van der Waals surface area contributed by atoms with E-state index in [2.05, 4.69) is 5.32 Å². The van der Waals surface area contributed by atoms with Crippen molar-refractivity contribution in [3.05, 3.63) is 22.2 Å². The van der Waals surface area contributed by atoms with Gasteiger partial charge in [0.25, 0.3) is 0 Å². The molecule has 6 heteroatoms. The number of nitrogens with one attached hydrogen (secondary N) is 1. The maximum Gasteiger partial charge on any atom is 0.250 e. The molecule has 0 fully saturated rings. The van der Waals surface area contributed by atoms with Gasteiger partial charge in [-0.05, 0) is 18.6 Å². The highest BCUT2D eigenvalue weighted by molar-refractivity contribution is 6.37. The van der Waals surface area contributed by atoms with Gasteiger partial charge in [-0.15, -0.1) is 0 Å². The number of hydrogen-bond donors (Lipinski definition) is 2. The summed E-state index contributed by atoms with van der Waals surface area (Å²) in [5, 5.41) is 12.1. The lowest BCUT2D eigenvalue weighted by Crippen LogP contribution is -2.18. The summed E-state index contributed by atoms with van der Waals surface area (Å²) < 4.78 is 5.07. The monoisotopic (exact) mass is 277 g/mol. The molecule has 2 N–H and O–H groups in total. The standard InChI is InChI=1S/C11H13Cl2NO3/c1-2-3-17-6-10(15)14-7-4-8(12)11(16)9(13)5-7/h4-5,16H,2-3,6H2,1H3,(H,14,15). The highest BCUT2D eigenvalue weighted by atomic mass is 35.5. The molecule has 17 heavy (non-hydrogen) atoms. The quantitative estimate of drug-likeness (QED) is 0.642. The first-order chi connectivity index (χ1) is 8.04. The summed E-state index contributed by atoms with van der Waals surface area (Å²) in [6, 6.07) is 2.83. The number of aromatic hydroxyl groups is 1. The summed E-state index contributed by atoms with van der Waals surface area (Å²) in [5.41, 5.74) is 0.419. The van der Waals surface area contributed by atoms with Crippen molar-refractivity contribution in [2.45, 2.75) is 13.3 Å². The maximum absolute atomic E-state index is 11.4. The Labute approximate surface area is 109 Å². The minimum Gasteiger partial charge on any atom is -0.505 e. The molecule has 94 valence electrons. The number of halogens is 2. The molecule has 0 heterocycles. The predicted octanol–water partition coefficient (Wildman–Crippen LogP) is 3.06. The highest BCUT2D eigenvalue weighted by Gasteiger charge is 2.08. The molecular formula is C11H13Cl2NO3. The van der Waals surface area contributed by atoms with E-state index in [1.54, 1.807) is 0 Å². The Morgan fingerprint density at radius 3 is 2.53 bits per heavy atom. The van der Waals surface area contributed by atoms with E-state index in [1.165, 1.54) is 12.1 Å². The van der Waals surface area contributed by atoms with E-state index in [-0.39, 0.29) is 28.3 Å². The average molecular weight is 278 g/mol. The molecule has 0 spiro atoms. The van der Waals surface area contributed by atoms with Crippen LogP contribution in [0.1, 0.15) is 13.3 Å². The van der Waals surface area contributed by atoms with Gasteiger partial charge in [0.15, 0.2) is 5.75 Å². The minimum atomic E-state index is -0.295. The van der Waals surface area contributed by atoms with Crippen molar-refractivity contribution < 1.29 is 14.6 Å². The Kier molecular flexibility index (Phi) is 5.55. The molecular weight excluding hydrogens is 265 g/mol. The van der Waals surface area contributed by atoms with Gasteiger partial charge in [0.05, 0.1) is 10.0 Å². The summed E-state index contributed by atoms with van der Waals surface area (Å²) in [4.78, 5) is 11.4. The zero-order valence-corrected chi connectivity index (χ0v) is 10.8. The van der Waals surface area contributed by atoms with Gasteiger partial charge in [-0.1, -0.05) is 30.1 Å². The van der Waals surface area contributed by atoms with Crippen molar-refractivity contribution in [3.63, 3.8) is 0 Å². The molecule has 0 bridgehead atoms. The molecule has 0 saturated carbocycles. The van der Waals surface area contributed by atoms with E-state index in [9.17, 15) is 9.90 Å². The zero-order chi connectivity index (χ0) is 12.8. The zero-order valence-electron chi connectivity index (χ0n) is 9.30. The number of hydrogen-bond acceptors (Lipinski definition) is 3. The fraction of sp³-hybridized carbons (Fsp3) is 0.364. The molecule has 4 nitrogen and oxygen atoms in total. The van der Waals surface area contributed by atoms with Crippen molar-refractivity contribution in [3.8, 4) is 5.75 Å². The van der Waals surface area contributed by atoms with Gasteiger partial charge in [-0.25, -0.2) is 0 Å². The molecule has 0 atom stereocenters. The molecule has 0 radical (unpaired) electrons. The van der Waals surface area contributed by atoms with Crippen LogP contribution < -0.4 is 5.32 Å². The Bertz CT molecular complexity index is 387. The van der Waals surface area contributed by atoms with Crippen LogP contribution >= 0.6 is 23.2 Å². The molecule has 1 aromatic rings. The largest absolute Gasteiger partial charge is 0.505 e. The molecule has 0 aromatic heterocycles. The Morgan fingerprint density at radius 1 is 1.41 bits per heavy atom. The summed E-state index contributed by atoms with van der Waals surface area (Å²) in [7, 11) is 0. The summed E-state index contributed by atoms with van der Waals surface area (Å²) in [6.07, 6.45) is 0.851. The lowest BCUT2D eigenvalue weighted by atomic mass is 10.3. The van der Waals surface area contributed by atoms with Crippen LogP contribution in [0.4, 0.5) is 5.69 Å². The number of benzene rings is 1. The van der Waals surface area contributed by atoms with Gasteiger partial charge in [-0.2, -0.15) is 0 Å². The normalized spacial score (nSPS) is 10.3. The molecule has 0 aliphatic carbocycles. The van der Waals surface area contributed by atoms with Crippen LogP contribution in [0.15, 0.2) is 12.1 Å². The second-order valence-corrected chi connectivity index (χ2v) is 4.20. The number of carbonyl (C=O) groups is 1. The van der Waals surface area contributed by atoms with Crippen molar-refractivity contribution in [1.82, 2.24) is 0 Å². The van der Waals surface area contributed by atoms with Crippen LogP contribution in [0.3, 0.4) is 0 Å². The smallest absolute Gasteiger partial charge is 0.250 e. The number of rotatable bonds is 5. The lowest BCUT2D eigenvalue weighted by Gasteiger charge is -2.08. The van der Waals surface area contributed by atoms with Gasteiger partial charge in [0.2, 0.25) is 5.91 Å². The second-order valence-electron chi connectivity index (χ2n) is 3.39. The third-order valence-corrected chi connectivity index (χ3v) is 2.46.